The summed E-state index contributed by atoms with van der Waals surface area (Å²) < 4.78 is 12.9. The number of benzene rings is 1. The molecule has 4 nitrogen and oxygen atoms in total. The second kappa shape index (κ2) is 4.08. The van der Waals surface area contributed by atoms with Crippen molar-refractivity contribution in [1.82, 2.24) is 9.78 Å². The summed E-state index contributed by atoms with van der Waals surface area (Å²) in [5.74, 6) is 0. The lowest BCUT2D eigenvalue weighted by Gasteiger charge is -2.08. The third kappa shape index (κ3) is 1.81. The fourth-order valence-corrected chi connectivity index (χ4v) is 2.28. The first-order chi connectivity index (χ1) is 7.50. The Morgan fingerprint density at radius 1 is 1.50 bits per heavy atom. The number of hydrogen-bond acceptors (Lipinski definition) is 3. The van der Waals surface area contributed by atoms with E-state index in [1.807, 2.05) is 0 Å². The van der Waals surface area contributed by atoms with Gasteiger partial charge in [0.25, 0.3) is 5.43 Å². The summed E-state index contributed by atoms with van der Waals surface area (Å²) in [5.41, 5.74) is 0.331. The monoisotopic (exact) mass is 256 g/mol. The first-order valence-corrected chi connectivity index (χ1v) is 6.44. The molecular weight excluding hydrogens is 248 g/mol. The average Bonchev–Trinajstić information content (AvgIpc) is 2.22. The lowest BCUT2D eigenvalue weighted by atomic mass is 10.2. The van der Waals surface area contributed by atoms with Gasteiger partial charge in [-0.05, 0) is 18.2 Å². The largest absolute Gasteiger partial charge is 0.610 e. The van der Waals surface area contributed by atoms with Gasteiger partial charge in [0.1, 0.15) is 6.26 Å². The number of hydrogen-bond donors (Lipinski definition) is 0. The molecule has 84 valence electrons. The standard InChI is InChI=1S/C10H9ClN2O2S/c1-13-8-5-6(11)3-4-7(8)9(14)10(12-13)16(2)15/h3-5H,1-2H3. The molecule has 0 aliphatic heterocycles. The summed E-state index contributed by atoms with van der Waals surface area (Å²) in [6, 6.07) is 4.92. The lowest BCUT2D eigenvalue weighted by molar-refractivity contribution is 0.588. The fraction of sp³-hybridized carbons (Fsp3) is 0.200. The number of nitrogens with zero attached hydrogens (tertiary/aromatic N) is 2. The lowest BCUT2D eigenvalue weighted by Crippen LogP contribution is -2.20. The predicted octanol–water partition coefficient (Wildman–Crippen LogP) is 1.32. The van der Waals surface area contributed by atoms with Crippen molar-refractivity contribution < 1.29 is 4.55 Å². The van der Waals surface area contributed by atoms with Crippen LogP contribution in [0.3, 0.4) is 0 Å². The molecule has 0 aliphatic rings. The molecule has 1 unspecified atom stereocenters. The average molecular weight is 257 g/mol. The maximum absolute atomic E-state index is 11.9. The van der Waals surface area contributed by atoms with E-state index >= 15 is 0 Å². The fourth-order valence-electron chi connectivity index (χ4n) is 1.50. The van der Waals surface area contributed by atoms with Crippen molar-refractivity contribution >= 4 is 33.7 Å². The van der Waals surface area contributed by atoms with Crippen molar-refractivity contribution in [2.75, 3.05) is 6.26 Å². The Kier molecular flexibility index (Phi) is 2.92. The van der Waals surface area contributed by atoms with Crippen molar-refractivity contribution in [3.05, 3.63) is 33.4 Å². The van der Waals surface area contributed by atoms with Gasteiger partial charge in [-0.15, -0.1) is 5.10 Å². The molecule has 2 aromatic rings. The van der Waals surface area contributed by atoms with Crippen molar-refractivity contribution in [3.8, 4) is 0 Å². The molecule has 1 aromatic heterocycles. The van der Waals surface area contributed by atoms with Gasteiger partial charge in [-0.3, -0.25) is 9.48 Å². The Hall–Kier alpha value is -1.04. The molecule has 16 heavy (non-hydrogen) atoms. The molecule has 0 amide bonds. The van der Waals surface area contributed by atoms with E-state index in [2.05, 4.69) is 5.10 Å². The Labute approximate surface area is 100 Å². The molecule has 0 spiro atoms. The second-order valence-electron chi connectivity index (χ2n) is 3.37. The van der Waals surface area contributed by atoms with Crippen molar-refractivity contribution in [1.29, 1.82) is 0 Å². The molecule has 0 aliphatic carbocycles. The third-order valence-electron chi connectivity index (χ3n) is 2.26. The summed E-state index contributed by atoms with van der Waals surface area (Å²) in [5, 5.41) is 5.07. The van der Waals surface area contributed by atoms with Gasteiger partial charge in [0, 0.05) is 23.2 Å². The Morgan fingerprint density at radius 2 is 2.19 bits per heavy atom. The molecule has 1 atom stereocenters. The normalized spacial score (nSPS) is 13.0. The predicted molar refractivity (Wildman–Crippen MR) is 64.3 cm³/mol. The third-order valence-corrected chi connectivity index (χ3v) is 3.31. The van der Waals surface area contributed by atoms with E-state index < -0.39 is 11.2 Å². The summed E-state index contributed by atoms with van der Waals surface area (Å²) in [4.78, 5) is 11.9. The summed E-state index contributed by atoms with van der Waals surface area (Å²) in [7, 11) is 1.69. The van der Waals surface area contributed by atoms with E-state index in [1.165, 1.54) is 10.9 Å². The van der Waals surface area contributed by atoms with Crippen LogP contribution in [-0.2, 0) is 18.2 Å². The number of rotatable bonds is 1. The van der Waals surface area contributed by atoms with E-state index in [1.54, 1.807) is 25.2 Å². The Balaban J connectivity index is 2.90. The smallest absolute Gasteiger partial charge is 0.309 e. The highest BCUT2D eigenvalue weighted by Crippen LogP contribution is 2.16. The molecule has 0 bridgehead atoms. The van der Waals surface area contributed by atoms with E-state index in [9.17, 15) is 9.35 Å². The molecule has 0 saturated carbocycles. The highest BCUT2D eigenvalue weighted by molar-refractivity contribution is 7.90. The Bertz CT molecular complexity index is 610. The zero-order valence-corrected chi connectivity index (χ0v) is 10.3. The van der Waals surface area contributed by atoms with Crippen LogP contribution in [0.5, 0.6) is 0 Å². The van der Waals surface area contributed by atoms with Crippen LogP contribution in [0.25, 0.3) is 10.9 Å². The molecule has 6 heteroatoms. The van der Waals surface area contributed by atoms with Crippen molar-refractivity contribution in [2.45, 2.75) is 5.03 Å². The molecule has 0 saturated heterocycles. The van der Waals surface area contributed by atoms with Gasteiger partial charge in [0.2, 0.25) is 0 Å². The van der Waals surface area contributed by atoms with Crippen LogP contribution in [0.4, 0.5) is 0 Å². The SMILES string of the molecule is Cn1nc([S+](C)[O-])c(=O)c2ccc(Cl)cc21. The van der Waals surface area contributed by atoms with E-state index in [4.69, 9.17) is 11.6 Å². The van der Waals surface area contributed by atoms with Crippen LogP contribution in [0.2, 0.25) is 5.02 Å². The van der Waals surface area contributed by atoms with Gasteiger partial charge in [-0.1, -0.05) is 11.6 Å². The van der Waals surface area contributed by atoms with E-state index in [0.29, 0.717) is 15.9 Å². The molecule has 1 aromatic carbocycles. The first-order valence-electron chi connectivity index (χ1n) is 4.50. The van der Waals surface area contributed by atoms with Crippen LogP contribution in [-0.4, -0.2) is 20.6 Å². The molecular formula is C10H9ClN2O2S. The minimum absolute atomic E-state index is 0.0670. The van der Waals surface area contributed by atoms with Gasteiger partial charge in [0.05, 0.1) is 10.9 Å². The molecule has 0 N–H and O–H groups in total. The Morgan fingerprint density at radius 3 is 2.81 bits per heavy atom. The minimum atomic E-state index is -1.39. The highest BCUT2D eigenvalue weighted by atomic mass is 35.5. The molecule has 0 fully saturated rings. The van der Waals surface area contributed by atoms with Crippen LogP contribution < -0.4 is 5.43 Å². The minimum Gasteiger partial charge on any atom is -0.610 e. The number of aryl methyl sites for hydroxylation is 1. The van der Waals surface area contributed by atoms with Gasteiger partial charge in [-0.2, -0.15) is 0 Å². The van der Waals surface area contributed by atoms with Crippen LogP contribution in [0.1, 0.15) is 0 Å². The van der Waals surface area contributed by atoms with Crippen LogP contribution in [0, 0.1) is 0 Å². The summed E-state index contributed by atoms with van der Waals surface area (Å²) in [6.07, 6.45) is 1.44. The zero-order valence-electron chi connectivity index (χ0n) is 8.73. The van der Waals surface area contributed by atoms with Crippen LogP contribution >= 0.6 is 11.6 Å². The molecule has 1 heterocycles. The van der Waals surface area contributed by atoms with Crippen molar-refractivity contribution in [3.63, 3.8) is 0 Å². The maximum Gasteiger partial charge on any atom is 0.309 e. The summed E-state index contributed by atoms with van der Waals surface area (Å²) in [6.45, 7) is 0. The highest BCUT2D eigenvalue weighted by Gasteiger charge is 2.16. The quantitative estimate of drug-likeness (QED) is 0.723. The van der Waals surface area contributed by atoms with E-state index in [0.717, 1.165) is 0 Å². The molecule has 0 radical (unpaired) electrons. The van der Waals surface area contributed by atoms with Gasteiger partial charge in [0.15, 0.2) is 0 Å². The molecule has 2 rings (SSSR count). The van der Waals surface area contributed by atoms with Crippen LogP contribution in [0.15, 0.2) is 28.0 Å². The van der Waals surface area contributed by atoms with Gasteiger partial charge in [-0.25, -0.2) is 0 Å². The van der Waals surface area contributed by atoms with Gasteiger partial charge >= 0.3 is 5.03 Å². The zero-order chi connectivity index (χ0) is 11.9. The second-order valence-corrected chi connectivity index (χ2v) is 5.10. The topological polar surface area (TPSA) is 57.9 Å². The van der Waals surface area contributed by atoms with Crippen molar-refractivity contribution in [2.24, 2.45) is 7.05 Å². The number of fused-ring (bicyclic) bond motifs is 1. The maximum atomic E-state index is 11.9. The number of halogens is 1. The van der Waals surface area contributed by atoms with Gasteiger partial charge < -0.3 is 4.55 Å². The van der Waals surface area contributed by atoms with E-state index in [-0.39, 0.29) is 10.5 Å². The first kappa shape index (κ1) is 11.4. The number of aromatic nitrogens is 2. The summed E-state index contributed by atoms with van der Waals surface area (Å²) >= 11 is 4.45.